The van der Waals surface area contributed by atoms with Gasteiger partial charge in [-0.2, -0.15) is 0 Å². The van der Waals surface area contributed by atoms with Crippen LogP contribution in [0.2, 0.25) is 10.2 Å². The number of nitrogens with zero attached hydrogens (tertiary/aromatic N) is 2. The molecule has 1 aromatic carbocycles. The van der Waals surface area contributed by atoms with E-state index in [1.165, 1.54) is 12.3 Å². The molecule has 0 bridgehead atoms. The van der Waals surface area contributed by atoms with E-state index in [1.54, 1.807) is 11.0 Å². The van der Waals surface area contributed by atoms with Crippen LogP contribution in [0.25, 0.3) is 0 Å². The predicted molar refractivity (Wildman–Crippen MR) is 98.2 cm³/mol. The summed E-state index contributed by atoms with van der Waals surface area (Å²) in [5.74, 6) is 0.303. The van der Waals surface area contributed by atoms with E-state index >= 15 is 0 Å². The lowest BCUT2D eigenvalue weighted by atomic mass is 10.2. The molecule has 2 aromatic rings. The number of hydrogen-bond donors (Lipinski definition) is 0. The van der Waals surface area contributed by atoms with Crippen LogP contribution in [-0.2, 0) is 16.1 Å². The minimum atomic E-state index is -0.700. The maximum Gasteiger partial charge on any atom is 0.340 e. The number of ether oxygens (including phenoxy) is 3. The number of benzene rings is 1. The molecule has 142 valence electrons. The van der Waals surface area contributed by atoms with Crippen LogP contribution in [0.3, 0.4) is 0 Å². The minimum absolute atomic E-state index is 0.0881. The zero-order chi connectivity index (χ0) is 19.4. The first-order chi connectivity index (χ1) is 13.0. The van der Waals surface area contributed by atoms with Gasteiger partial charge in [0, 0.05) is 19.3 Å². The van der Waals surface area contributed by atoms with E-state index in [1.807, 2.05) is 19.1 Å². The third-order valence-electron chi connectivity index (χ3n) is 3.90. The summed E-state index contributed by atoms with van der Waals surface area (Å²) in [5.41, 5.74) is 1.01. The summed E-state index contributed by atoms with van der Waals surface area (Å²) >= 11 is 11.5. The zero-order valence-electron chi connectivity index (χ0n) is 14.4. The minimum Gasteiger partial charge on any atom is -0.454 e. The normalized spacial score (nSPS) is 12.0. The van der Waals surface area contributed by atoms with Crippen molar-refractivity contribution >= 4 is 35.1 Å². The number of pyridine rings is 1. The van der Waals surface area contributed by atoms with E-state index in [9.17, 15) is 9.59 Å². The summed E-state index contributed by atoms with van der Waals surface area (Å²) < 4.78 is 15.7. The molecule has 2 heterocycles. The van der Waals surface area contributed by atoms with Crippen molar-refractivity contribution < 1.29 is 23.8 Å². The number of amides is 1. The molecule has 3 rings (SSSR count). The number of esters is 1. The van der Waals surface area contributed by atoms with E-state index in [-0.39, 0.29) is 28.4 Å². The molecule has 0 fully saturated rings. The lowest BCUT2D eigenvalue weighted by Gasteiger charge is -2.21. The Hall–Kier alpha value is -2.51. The van der Waals surface area contributed by atoms with Gasteiger partial charge < -0.3 is 19.1 Å². The van der Waals surface area contributed by atoms with Crippen LogP contribution in [0.5, 0.6) is 11.5 Å². The molecular formula is C18H16Cl2N2O5. The maximum atomic E-state index is 12.4. The first-order valence-corrected chi connectivity index (χ1v) is 8.88. The van der Waals surface area contributed by atoms with Gasteiger partial charge in [-0.3, -0.25) is 4.79 Å². The van der Waals surface area contributed by atoms with Gasteiger partial charge in [-0.05, 0) is 30.7 Å². The van der Waals surface area contributed by atoms with Gasteiger partial charge in [-0.1, -0.05) is 29.3 Å². The molecule has 1 amide bonds. The molecule has 0 aliphatic carbocycles. The molecule has 0 saturated carbocycles. The molecule has 27 heavy (non-hydrogen) atoms. The van der Waals surface area contributed by atoms with Crippen LogP contribution in [-0.4, -0.2) is 41.7 Å². The second kappa shape index (κ2) is 8.45. The number of hydrogen-bond acceptors (Lipinski definition) is 6. The largest absolute Gasteiger partial charge is 0.454 e. The van der Waals surface area contributed by atoms with Gasteiger partial charge in [0.2, 0.25) is 6.79 Å². The molecule has 0 atom stereocenters. The Morgan fingerprint density at radius 1 is 1.22 bits per heavy atom. The van der Waals surface area contributed by atoms with Gasteiger partial charge in [0.25, 0.3) is 5.91 Å². The predicted octanol–water partition coefficient (Wildman–Crippen LogP) is 3.32. The maximum absolute atomic E-state index is 12.4. The molecule has 9 heteroatoms. The number of aromatic nitrogens is 1. The van der Waals surface area contributed by atoms with Gasteiger partial charge >= 0.3 is 5.97 Å². The van der Waals surface area contributed by atoms with Gasteiger partial charge in [0.1, 0.15) is 5.15 Å². The fraction of sp³-hybridized carbons (Fsp3) is 0.278. The van der Waals surface area contributed by atoms with Crippen molar-refractivity contribution in [3.8, 4) is 11.5 Å². The van der Waals surface area contributed by atoms with E-state index in [4.69, 9.17) is 37.4 Å². The molecule has 0 saturated heterocycles. The summed E-state index contributed by atoms with van der Waals surface area (Å²) in [6.07, 6.45) is 1.24. The van der Waals surface area contributed by atoms with E-state index in [2.05, 4.69) is 4.98 Å². The SMILES string of the molecule is CCN(Cc1ccc2c(c1)OCO2)C(=O)COC(=O)c1cnc(Cl)c(Cl)c1. The Balaban J connectivity index is 1.58. The molecule has 1 aromatic heterocycles. The highest BCUT2D eigenvalue weighted by Crippen LogP contribution is 2.32. The van der Waals surface area contributed by atoms with Gasteiger partial charge in [0.15, 0.2) is 18.1 Å². The fourth-order valence-electron chi connectivity index (χ4n) is 2.47. The average molecular weight is 411 g/mol. The number of fused-ring (bicyclic) bond motifs is 1. The Kier molecular flexibility index (Phi) is 6.03. The zero-order valence-corrected chi connectivity index (χ0v) is 15.9. The Labute approximate surface area is 165 Å². The summed E-state index contributed by atoms with van der Waals surface area (Å²) in [4.78, 5) is 29.8. The van der Waals surface area contributed by atoms with E-state index < -0.39 is 12.6 Å². The average Bonchev–Trinajstić information content (AvgIpc) is 3.13. The molecule has 0 radical (unpaired) electrons. The van der Waals surface area contributed by atoms with Gasteiger partial charge in [-0.25, -0.2) is 9.78 Å². The molecular weight excluding hydrogens is 395 g/mol. The van der Waals surface area contributed by atoms with Gasteiger partial charge in [0.05, 0.1) is 10.6 Å². The van der Waals surface area contributed by atoms with Crippen molar-refractivity contribution in [3.05, 3.63) is 51.8 Å². The van der Waals surface area contributed by atoms with Crippen LogP contribution in [0.4, 0.5) is 0 Å². The lowest BCUT2D eigenvalue weighted by Crippen LogP contribution is -2.34. The topological polar surface area (TPSA) is 78.0 Å². The first-order valence-electron chi connectivity index (χ1n) is 8.12. The molecule has 0 unspecified atom stereocenters. The van der Waals surface area contributed by atoms with Crippen LogP contribution >= 0.6 is 23.2 Å². The van der Waals surface area contributed by atoms with E-state index in [0.29, 0.717) is 24.6 Å². The Bertz CT molecular complexity index is 875. The van der Waals surface area contributed by atoms with Crippen molar-refractivity contribution in [1.29, 1.82) is 0 Å². The van der Waals surface area contributed by atoms with Crippen molar-refractivity contribution in [2.75, 3.05) is 19.9 Å². The van der Waals surface area contributed by atoms with Crippen LogP contribution < -0.4 is 9.47 Å². The number of carbonyl (C=O) groups is 2. The van der Waals surface area contributed by atoms with Crippen molar-refractivity contribution in [1.82, 2.24) is 9.88 Å². The lowest BCUT2D eigenvalue weighted by molar-refractivity contribution is -0.134. The molecule has 7 nitrogen and oxygen atoms in total. The van der Waals surface area contributed by atoms with Crippen LogP contribution in [0.1, 0.15) is 22.8 Å². The van der Waals surface area contributed by atoms with Crippen molar-refractivity contribution in [2.24, 2.45) is 0 Å². The first kappa shape index (κ1) is 19.3. The second-order valence-corrected chi connectivity index (χ2v) is 6.43. The highest BCUT2D eigenvalue weighted by Gasteiger charge is 2.19. The third kappa shape index (κ3) is 4.61. The van der Waals surface area contributed by atoms with E-state index in [0.717, 1.165) is 5.56 Å². The summed E-state index contributed by atoms with van der Waals surface area (Å²) in [6, 6.07) is 6.82. The number of carbonyl (C=O) groups excluding carboxylic acids is 2. The summed E-state index contributed by atoms with van der Waals surface area (Å²) in [6.45, 7) is 2.46. The summed E-state index contributed by atoms with van der Waals surface area (Å²) in [5, 5.41) is 0.223. The van der Waals surface area contributed by atoms with Gasteiger partial charge in [-0.15, -0.1) is 0 Å². The number of likely N-dealkylation sites (N-methyl/N-ethyl adjacent to an activating group) is 1. The highest BCUT2D eigenvalue weighted by atomic mass is 35.5. The van der Waals surface area contributed by atoms with Crippen LogP contribution in [0.15, 0.2) is 30.5 Å². The Morgan fingerprint density at radius 2 is 2.00 bits per heavy atom. The fourth-order valence-corrected chi connectivity index (χ4v) is 2.74. The number of rotatable bonds is 6. The molecule has 1 aliphatic heterocycles. The standard InChI is InChI=1S/C18H16Cl2N2O5/c1-2-22(8-11-3-4-14-15(5-11)27-10-26-14)16(23)9-25-18(24)12-6-13(19)17(20)21-7-12/h3-7H,2,8-10H2,1H3. The quantitative estimate of drug-likeness (QED) is 0.536. The second-order valence-electron chi connectivity index (χ2n) is 5.67. The molecule has 0 N–H and O–H groups in total. The highest BCUT2D eigenvalue weighted by molar-refractivity contribution is 6.41. The van der Waals surface area contributed by atoms with Crippen LogP contribution in [0, 0.1) is 0 Å². The van der Waals surface area contributed by atoms with Crippen molar-refractivity contribution in [2.45, 2.75) is 13.5 Å². The Morgan fingerprint density at radius 3 is 2.74 bits per heavy atom. The smallest absolute Gasteiger partial charge is 0.340 e. The molecule has 0 spiro atoms. The monoisotopic (exact) mass is 410 g/mol. The third-order valence-corrected chi connectivity index (χ3v) is 4.59. The van der Waals surface area contributed by atoms with Crippen molar-refractivity contribution in [3.63, 3.8) is 0 Å². The summed E-state index contributed by atoms with van der Waals surface area (Å²) in [7, 11) is 0. The molecule has 1 aliphatic rings. The number of halogens is 2.